The Bertz CT molecular complexity index is 899. The van der Waals surface area contributed by atoms with Gasteiger partial charge in [-0.2, -0.15) is 0 Å². The Balaban J connectivity index is 1.42. The van der Waals surface area contributed by atoms with Crippen molar-refractivity contribution in [2.24, 2.45) is 0 Å². The average Bonchev–Trinajstić information content (AvgIpc) is 3.38. The largest absolute Gasteiger partial charge is 0.355 e. The van der Waals surface area contributed by atoms with Crippen molar-refractivity contribution in [3.05, 3.63) is 41.2 Å². The van der Waals surface area contributed by atoms with Crippen LogP contribution < -0.4 is 10.6 Å². The molecule has 1 aliphatic carbocycles. The van der Waals surface area contributed by atoms with Gasteiger partial charge in [-0.3, -0.25) is 9.59 Å². The van der Waals surface area contributed by atoms with Gasteiger partial charge in [0, 0.05) is 25.1 Å². The number of carbonyl (C=O) groups excluding carboxylic acids is 2. The van der Waals surface area contributed by atoms with Gasteiger partial charge in [0.2, 0.25) is 5.91 Å². The van der Waals surface area contributed by atoms with E-state index in [0.29, 0.717) is 31.5 Å². The molecule has 0 saturated heterocycles. The van der Waals surface area contributed by atoms with Crippen LogP contribution in [0.3, 0.4) is 0 Å². The summed E-state index contributed by atoms with van der Waals surface area (Å²) in [6.45, 7) is 0.135. The quantitative estimate of drug-likeness (QED) is 0.465. The minimum Gasteiger partial charge on any atom is -0.355 e. The number of carbonyl (C=O) groups is 2. The minimum atomic E-state index is -0.969. The second kappa shape index (κ2) is 10.5. The zero-order chi connectivity index (χ0) is 21.5. The lowest BCUT2D eigenvalue weighted by atomic mass is 10.2. The van der Waals surface area contributed by atoms with Crippen LogP contribution in [0.25, 0.3) is 0 Å². The fraction of sp³-hybridized carbons (Fsp3) is 0.500. The highest BCUT2D eigenvalue weighted by molar-refractivity contribution is 7.98. The molecule has 3 rings (SSSR count). The number of rotatable bonds is 9. The van der Waals surface area contributed by atoms with Crippen molar-refractivity contribution in [3.63, 3.8) is 0 Å². The fourth-order valence-corrected chi connectivity index (χ4v) is 4.19. The molecular formula is C20H25F2N5O2S. The van der Waals surface area contributed by atoms with E-state index < -0.39 is 17.5 Å². The van der Waals surface area contributed by atoms with Gasteiger partial charge in [-0.25, -0.2) is 8.78 Å². The summed E-state index contributed by atoms with van der Waals surface area (Å²) in [6.07, 6.45) is 8.10. The van der Waals surface area contributed by atoms with Crippen LogP contribution in [0.2, 0.25) is 0 Å². The first-order valence-electron chi connectivity index (χ1n) is 9.97. The first kappa shape index (κ1) is 22.2. The number of benzene rings is 1. The standard InChI is InChI=1S/C20H25F2N5O2S/c1-30-20-26-25-17(27(20)14-5-2-3-6-14)7-4-10-23-18(28)12-24-19(29)15-9-8-13(21)11-16(15)22/h8-9,11,14H,2-7,10,12H2,1H3,(H,23,28)(H,24,29). The summed E-state index contributed by atoms with van der Waals surface area (Å²) in [4.78, 5) is 23.9. The molecule has 0 radical (unpaired) electrons. The Kier molecular flexibility index (Phi) is 7.78. The Morgan fingerprint density at radius 2 is 1.97 bits per heavy atom. The number of nitrogens with one attached hydrogen (secondary N) is 2. The zero-order valence-corrected chi connectivity index (χ0v) is 17.6. The van der Waals surface area contributed by atoms with Gasteiger partial charge >= 0.3 is 0 Å². The molecule has 1 aliphatic rings. The minimum absolute atomic E-state index is 0.287. The van der Waals surface area contributed by atoms with Gasteiger partial charge in [0.15, 0.2) is 5.16 Å². The van der Waals surface area contributed by atoms with Crippen molar-refractivity contribution in [3.8, 4) is 0 Å². The average molecular weight is 438 g/mol. The molecule has 7 nitrogen and oxygen atoms in total. The van der Waals surface area contributed by atoms with Crippen molar-refractivity contribution in [1.82, 2.24) is 25.4 Å². The van der Waals surface area contributed by atoms with Gasteiger partial charge in [0.25, 0.3) is 5.91 Å². The lowest BCUT2D eigenvalue weighted by molar-refractivity contribution is -0.120. The smallest absolute Gasteiger partial charge is 0.254 e. The van der Waals surface area contributed by atoms with Gasteiger partial charge < -0.3 is 15.2 Å². The molecule has 0 atom stereocenters. The second-order valence-corrected chi connectivity index (χ2v) is 7.94. The summed E-state index contributed by atoms with van der Waals surface area (Å²) >= 11 is 1.59. The fourth-order valence-electron chi connectivity index (χ4n) is 3.61. The Morgan fingerprint density at radius 1 is 1.20 bits per heavy atom. The number of hydrogen-bond acceptors (Lipinski definition) is 5. The third-order valence-electron chi connectivity index (χ3n) is 5.09. The van der Waals surface area contributed by atoms with Crippen LogP contribution in [-0.4, -0.2) is 45.9 Å². The van der Waals surface area contributed by atoms with Crippen LogP contribution in [0, 0.1) is 11.6 Å². The van der Waals surface area contributed by atoms with Crippen LogP contribution in [0.4, 0.5) is 8.78 Å². The highest BCUT2D eigenvalue weighted by Crippen LogP contribution is 2.33. The maximum atomic E-state index is 13.6. The zero-order valence-electron chi connectivity index (χ0n) is 16.8. The lowest BCUT2D eigenvalue weighted by Gasteiger charge is -2.16. The van der Waals surface area contributed by atoms with E-state index >= 15 is 0 Å². The van der Waals surface area contributed by atoms with Gasteiger partial charge in [0.1, 0.15) is 17.5 Å². The molecule has 2 N–H and O–H groups in total. The SMILES string of the molecule is CSc1nnc(CCCNC(=O)CNC(=O)c2ccc(F)cc2F)n1C1CCCC1. The molecule has 0 bridgehead atoms. The van der Waals surface area contributed by atoms with Gasteiger partial charge in [-0.15, -0.1) is 10.2 Å². The first-order valence-corrected chi connectivity index (χ1v) is 11.2. The molecule has 1 saturated carbocycles. The van der Waals surface area contributed by atoms with Crippen molar-refractivity contribution >= 4 is 23.6 Å². The molecule has 1 fully saturated rings. The molecule has 2 amide bonds. The summed E-state index contributed by atoms with van der Waals surface area (Å²) in [7, 11) is 0. The molecule has 1 aromatic carbocycles. The maximum absolute atomic E-state index is 13.6. The molecular weight excluding hydrogens is 412 g/mol. The molecule has 1 aromatic heterocycles. The van der Waals surface area contributed by atoms with Gasteiger partial charge in [0.05, 0.1) is 12.1 Å². The molecule has 0 unspecified atom stereocenters. The van der Waals surface area contributed by atoms with E-state index in [1.807, 2.05) is 6.26 Å². The molecule has 0 aliphatic heterocycles. The monoisotopic (exact) mass is 437 g/mol. The van der Waals surface area contributed by atoms with E-state index in [1.165, 1.54) is 12.8 Å². The number of hydrogen-bond donors (Lipinski definition) is 2. The lowest BCUT2D eigenvalue weighted by Crippen LogP contribution is -2.37. The molecule has 162 valence electrons. The highest BCUT2D eigenvalue weighted by atomic mass is 32.2. The molecule has 30 heavy (non-hydrogen) atoms. The van der Waals surface area contributed by atoms with Crippen molar-refractivity contribution in [2.75, 3.05) is 19.3 Å². The molecule has 10 heteroatoms. The highest BCUT2D eigenvalue weighted by Gasteiger charge is 2.23. The van der Waals surface area contributed by atoms with E-state index in [2.05, 4.69) is 25.4 Å². The number of aryl methyl sites for hydroxylation is 1. The number of halogens is 2. The third-order valence-corrected chi connectivity index (χ3v) is 5.74. The third kappa shape index (κ3) is 5.56. The predicted molar refractivity (Wildman–Crippen MR) is 109 cm³/mol. The summed E-state index contributed by atoms with van der Waals surface area (Å²) in [5.41, 5.74) is -0.306. The molecule has 1 heterocycles. The normalized spacial score (nSPS) is 14.1. The van der Waals surface area contributed by atoms with E-state index in [4.69, 9.17) is 0 Å². The number of aromatic nitrogens is 3. The Hall–Kier alpha value is -2.49. The Morgan fingerprint density at radius 3 is 2.67 bits per heavy atom. The topological polar surface area (TPSA) is 88.9 Å². The predicted octanol–water partition coefficient (Wildman–Crippen LogP) is 2.87. The number of nitrogens with zero attached hydrogens (tertiary/aromatic N) is 3. The van der Waals surface area contributed by atoms with Crippen molar-refractivity contribution in [1.29, 1.82) is 0 Å². The summed E-state index contributed by atoms with van der Waals surface area (Å²) < 4.78 is 28.7. The van der Waals surface area contributed by atoms with E-state index in [-0.39, 0.29) is 18.0 Å². The van der Waals surface area contributed by atoms with Gasteiger partial charge in [-0.05, 0) is 37.7 Å². The van der Waals surface area contributed by atoms with Crippen LogP contribution in [0.1, 0.15) is 54.3 Å². The summed E-state index contributed by atoms with van der Waals surface area (Å²) in [6, 6.07) is 3.11. The van der Waals surface area contributed by atoms with Gasteiger partial charge in [-0.1, -0.05) is 24.6 Å². The number of thioether (sulfide) groups is 1. The van der Waals surface area contributed by atoms with E-state index in [1.54, 1.807) is 11.8 Å². The first-order chi connectivity index (χ1) is 14.5. The number of amides is 2. The van der Waals surface area contributed by atoms with E-state index in [9.17, 15) is 18.4 Å². The van der Waals surface area contributed by atoms with Crippen LogP contribution in [-0.2, 0) is 11.2 Å². The van der Waals surface area contributed by atoms with Crippen LogP contribution >= 0.6 is 11.8 Å². The van der Waals surface area contributed by atoms with Crippen LogP contribution in [0.5, 0.6) is 0 Å². The molecule has 2 aromatic rings. The van der Waals surface area contributed by atoms with Crippen molar-refractivity contribution in [2.45, 2.75) is 49.7 Å². The van der Waals surface area contributed by atoms with Crippen molar-refractivity contribution < 1.29 is 18.4 Å². The van der Waals surface area contributed by atoms with Crippen LogP contribution in [0.15, 0.2) is 23.4 Å². The van der Waals surface area contributed by atoms with E-state index in [0.717, 1.165) is 36.0 Å². The maximum Gasteiger partial charge on any atom is 0.254 e. The second-order valence-electron chi connectivity index (χ2n) is 7.17. The molecule has 0 spiro atoms. The Labute approximate surface area is 178 Å². The summed E-state index contributed by atoms with van der Waals surface area (Å²) in [5.74, 6) is -1.95. The summed E-state index contributed by atoms with van der Waals surface area (Å²) in [5, 5.41) is 14.6.